The third-order valence-corrected chi connectivity index (χ3v) is 5.32. The Morgan fingerprint density at radius 1 is 1.00 bits per heavy atom. The van der Waals surface area contributed by atoms with Gasteiger partial charge in [-0.3, -0.25) is 4.99 Å². The van der Waals surface area contributed by atoms with Crippen molar-refractivity contribution in [2.24, 2.45) is 10.4 Å². The van der Waals surface area contributed by atoms with Crippen molar-refractivity contribution in [3.63, 3.8) is 0 Å². The van der Waals surface area contributed by atoms with Gasteiger partial charge in [-0.15, -0.1) is 0 Å². The van der Waals surface area contributed by atoms with Crippen LogP contribution in [0.2, 0.25) is 0 Å². The van der Waals surface area contributed by atoms with Gasteiger partial charge < -0.3 is 19.9 Å². The zero-order valence-electron chi connectivity index (χ0n) is 20.8. The molecular weight excluding hydrogens is 455 g/mol. The van der Waals surface area contributed by atoms with Gasteiger partial charge in [0.15, 0.2) is 5.82 Å². The average molecular weight is 489 g/mol. The van der Waals surface area contributed by atoms with E-state index in [0.717, 1.165) is 11.1 Å². The number of aliphatic hydroxyl groups is 1. The normalized spacial score (nSPS) is 11.9. The SMILES string of the molecule is C=Nc1cc(C#CC(C)(C)COCc2ccccc2)c(NC[C@@H](O)COCc2ccccc2)cc1F. The lowest BCUT2D eigenvalue weighted by atomic mass is 9.95. The minimum atomic E-state index is -0.780. The maximum Gasteiger partial charge on any atom is 0.150 e. The molecule has 2 N–H and O–H groups in total. The van der Waals surface area contributed by atoms with Crippen molar-refractivity contribution in [3.8, 4) is 11.8 Å². The second-order valence-electron chi connectivity index (χ2n) is 9.16. The van der Waals surface area contributed by atoms with Gasteiger partial charge in [0, 0.05) is 18.0 Å². The molecule has 188 valence electrons. The number of ether oxygens (including phenoxy) is 2. The molecule has 3 rings (SSSR count). The van der Waals surface area contributed by atoms with Crippen LogP contribution in [0.25, 0.3) is 0 Å². The van der Waals surface area contributed by atoms with Gasteiger partial charge in [-0.2, -0.15) is 0 Å². The first kappa shape index (κ1) is 27.1. The summed E-state index contributed by atoms with van der Waals surface area (Å²) in [5.74, 6) is 5.84. The largest absolute Gasteiger partial charge is 0.389 e. The van der Waals surface area contributed by atoms with Crippen LogP contribution in [0.5, 0.6) is 0 Å². The van der Waals surface area contributed by atoms with Crippen LogP contribution >= 0.6 is 0 Å². The number of aliphatic hydroxyl groups excluding tert-OH is 1. The number of rotatable bonds is 12. The van der Waals surface area contributed by atoms with Crippen LogP contribution in [0.15, 0.2) is 77.8 Å². The number of halogens is 1. The predicted octanol–water partition coefficient (Wildman–Crippen LogP) is 5.74. The number of benzene rings is 3. The maximum absolute atomic E-state index is 14.4. The van der Waals surface area contributed by atoms with E-state index in [2.05, 4.69) is 28.9 Å². The lowest BCUT2D eigenvalue weighted by molar-refractivity contribution is 0.0348. The number of aliphatic imine (C=N–C) groups is 1. The summed E-state index contributed by atoms with van der Waals surface area (Å²) in [7, 11) is 0. The Morgan fingerprint density at radius 2 is 1.61 bits per heavy atom. The fourth-order valence-corrected chi connectivity index (χ4v) is 3.38. The summed E-state index contributed by atoms with van der Waals surface area (Å²) in [6, 6.07) is 22.6. The monoisotopic (exact) mass is 488 g/mol. The predicted molar refractivity (Wildman–Crippen MR) is 143 cm³/mol. The average Bonchev–Trinajstić information content (AvgIpc) is 2.88. The van der Waals surface area contributed by atoms with Gasteiger partial charge in [0.05, 0.1) is 49.5 Å². The van der Waals surface area contributed by atoms with E-state index in [1.165, 1.54) is 6.07 Å². The molecule has 3 aromatic rings. The summed E-state index contributed by atoms with van der Waals surface area (Å²) < 4.78 is 25.9. The molecule has 0 saturated carbocycles. The summed E-state index contributed by atoms with van der Waals surface area (Å²) >= 11 is 0. The third kappa shape index (κ3) is 8.94. The van der Waals surface area contributed by atoms with Gasteiger partial charge in [0.25, 0.3) is 0 Å². The Labute approximate surface area is 213 Å². The van der Waals surface area contributed by atoms with E-state index in [1.807, 2.05) is 74.5 Å². The highest BCUT2D eigenvalue weighted by Gasteiger charge is 2.16. The molecule has 0 radical (unpaired) electrons. The molecule has 0 amide bonds. The van der Waals surface area contributed by atoms with Gasteiger partial charge in [0.1, 0.15) is 0 Å². The van der Waals surface area contributed by atoms with Gasteiger partial charge >= 0.3 is 0 Å². The maximum atomic E-state index is 14.4. The fourth-order valence-electron chi connectivity index (χ4n) is 3.38. The fraction of sp³-hybridized carbons (Fsp3) is 0.300. The van der Waals surface area contributed by atoms with Gasteiger partial charge in [-0.1, -0.05) is 72.5 Å². The molecule has 5 nitrogen and oxygen atoms in total. The van der Waals surface area contributed by atoms with Crippen LogP contribution < -0.4 is 5.32 Å². The highest BCUT2D eigenvalue weighted by molar-refractivity contribution is 5.66. The molecule has 3 aromatic carbocycles. The van der Waals surface area contributed by atoms with Gasteiger partial charge in [-0.25, -0.2) is 4.39 Å². The minimum Gasteiger partial charge on any atom is -0.389 e. The molecule has 0 bridgehead atoms. The second kappa shape index (κ2) is 13.6. The van der Waals surface area contributed by atoms with E-state index in [9.17, 15) is 9.50 Å². The molecule has 0 aliphatic rings. The third-order valence-electron chi connectivity index (χ3n) is 5.32. The number of hydrogen-bond acceptors (Lipinski definition) is 5. The Hall–Kier alpha value is -3.50. The van der Waals surface area contributed by atoms with Gasteiger partial charge in [-0.05, 0) is 37.8 Å². The second-order valence-corrected chi connectivity index (χ2v) is 9.16. The number of nitrogens with one attached hydrogen (secondary N) is 1. The van der Waals surface area contributed by atoms with E-state index >= 15 is 0 Å². The Balaban J connectivity index is 1.60. The van der Waals surface area contributed by atoms with Crippen LogP contribution in [-0.2, 0) is 22.7 Å². The van der Waals surface area contributed by atoms with E-state index in [-0.39, 0.29) is 18.8 Å². The molecule has 0 saturated heterocycles. The molecule has 0 spiro atoms. The number of anilines is 1. The van der Waals surface area contributed by atoms with Crippen molar-refractivity contribution in [1.29, 1.82) is 0 Å². The zero-order valence-corrected chi connectivity index (χ0v) is 20.8. The molecule has 36 heavy (non-hydrogen) atoms. The van der Waals surface area contributed by atoms with Crippen molar-refractivity contribution in [2.75, 3.05) is 25.1 Å². The summed E-state index contributed by atoms with van der Waals surface area (Å²) in [6.07, 6.45) is -0.780. The van der Waals surface area contributed by atoms with Crippen LogP contribution in [-0.4, -0.2) is 37.7 Å². The molecule has 0 aliphatic carbocycles. The standard InChI is InChI=1S/C30H33FN2O3/c1-30(2,22-36-20-24-12-8-5-9-13-24)15-14-25-16-29(32-3)27(31)17-28(25)33-18-26(34)21-35-19-23-10-6-4-7-11-23/h4-13,16-17,26,33-34H,3,18-22H2,1-2H3/t26-/m1/s1. The van der Waals surface area contributed by atoms with E-state index in [1.54, 1.807) is 6.07 Å². The topological polar surface area (TPSA) is 63.1 Å². The lowest BCUT2D eigenvalue weighted by Gasteiger charge is -2.18. The zero-order chi connectivity index (χ0) is 25.8. The van der Waals surface area contributed by atoms with Crippen LogP contribution in [0.1, 0.15) is 30.5 Å². The summed E-state index contributed by atoms with van der Waals surface area (Å²) in [6.45, 7) is 9.08. The first-order valence-corrected chi connectivity index (χ1v) is 11.8. The molecule has 0 fully saturated rings. The van der Waals surface area contributed by atoms with Crippen LogP contribution in [0.4, 0.5) is 15.8 Å². The van der Waals surface area contributed by atoms with Crippen molar-refractivity contribution in [3.05, 3.63) is 95.3 Å². The first-order valence-electron chi connectivity index (χ1n) is 11.8. The smallest absolute Gasteiger partial charge is 0.150 e. The highest BCUT2D eigenvalue weighted by Crippen LogP contribution is 2.26. The van der Waals surface area contributed by atoms with E-state index in [0.29, 0.717) is 31.1 Å². The Bertz CT molecular complexity index is 1170. The Kier molecular flexibility index (Phi) is 10.2. The van der Waals surface area contributed by atoms with Crippen molar-refractivity contribution >= 4 is 18.1 Å². The summed E-state index contributed by atoms with van der Waals surface area (Å²) in [5.41, 5.74) is 2.84. The van der Waals surface area contributed by atoms with Crippen molar-refractivity contribution in [1.82, 2.24) is 0 Å². The van der Waals surface area contributed by atoms with Crippen LogP contribution in [0.3, 0.4) is 0 Å². The summed E-state index contributed by atoms with van der Waals surface area (Å²) in [4.78, 5) is 3.75. The minimum absolute atomic E-state index is 0.120. The molecular formula is C30H33FN2O3. The number of nitrogens with zero attached hydrogens (tertiary/aromatic N) is 1. The molecule has 0 aliphatic heterocycles. The molecule has 0 heterocycles. The van der Waals surface area contributed by atoms with Crippen molar-refractivity contribution in [2.45, 2.75) is 33.2 Å². The van der Waals surface area contributed by atoms with Gasteiger partial charge in [0.2, 0.25) is 0 Å². The highest BCUT2D eigenvalue weighted by atomic mass is 19.1. The van der Waals surface area contributed by atoms with E-state index in [4.69, 9.17) is 9.47 Å². The first-order chi connectivity index (χ1) is 17.4. The number of hydrogen-bond donors (Lipinski definition) is 2. The quantitative estimate of drug-likeness (QED) is 0.252. The molecule has 6 heteroatoms. The van der Waals surface area contributed by atoms with Crippen LogP contribution in [0, 0.1) is 23.1 Å². The molecule has 0 unspecified atom stereocenters. The molecule has 0 aromatic heterocycles. The summed E-state index contributed by atoms with van der Waals surface area (Å²) in [5, 5.41) is 13.4. The molecule has 1 atom stereocenters. The lowest BCUT2D eigenvalue weighted by Crippen LogP contribution is -2.25. The van der Waals surface area contributed by atoms with Crippen molar-refractivity contribution < 1.29 is 19.0 Å². The van der Waals surface area contributed by atoms with E-state index < -0.39 is 17.3 Å². The Morgan fingerprint density at radius 3 is 2.22 bits per heavy atom.